The van der Waals surface area contributed by atoms with Crippen molar-refractivity contribution < 1.29 is 0 Å². The van der Waals surface area contributed by atoms with Crippen LogP contribution in [0.4, 0.5) is 0 Å². The number of rotatable bonds is 2. The number of hydrazine groups is 1. The van der Waals surface area contributed by atoms with E-state index in [4.69, 9.17) is 10.8 Å². The molecule has 0 spiro atoms. The van der Waals surface area contributed by atoms with Crippen LogP contribution >= 0.6 is 15.9 Å². The molecule has 1 heterocycles. The molecule has 1 aliphatic carbocycles. The van der Waals surface area contributed by atoms with Crippen LogP contribution in [0.1, 0.15) is 12.0 Å². The normalized spacial score (nSPS) is 22.2. The molecular formula is C14H14BrN3. The average molecular weight is 304 g/mol. The largest absolute Gasteiger partial charge is 0.268 e. The lowest BCUT2D eigenvalue weighted by atomic mass is 10.1. The number of benzene rings is 1. The zero-order valence-corrected chi connectivity index (χ0v) is 11.5. The molecule has 4 heteroatoms. The highest BCUT2D eigenvalue weighted by Crippen LogP contribution is 2.31. The van der Waals surface area contributed by atoms with Gasteiger partial charge in [-0.15, -0.1) is 0 Å². The Bertz CT molecular complexity index is 545. The summed E-state index contributed by atoms with van der Waals surface area (Å²) < 4.78 is 1.18. The van der Waals surface area contributed by atoms with Gasteiger partial charge in [-0.2, -0.15) is 0 Å². The fourth-order valence-electron chi connectivity index (χ4n) is 2.30. The molecule has 0 radical (unpaired) electrons. The third-order valence-electron chi connectivity index (χ3n) is 3.23. The molecule has 92 valence electrons. The Labute approximate surface area is 115 Å². The first-order chi connectivity index (χ1) is 8.74. The fraction of sp³-hybridized carbons (Fsp3) is 0.214. The number of fused-ring (bicyclic) bond motifs is 1. The molecule has 0 saturated carbocycles. The first-order valence-corrected chi connectivity index (χ1v) is 6.75. The van der Waals surface area contributed by atoms with E-state index in [9.17, 15) is 0 Å². The van der Waals surface area contributed by atoms with Crippen LogP contribution in [0.25, 0.3) is 0 Å². The Morgan fingerprint density at radius 2 is 2.06 bits per heavy atom. The molecule has 2 N–H and O–H groups in total. The van der Waals surface area contributed by atoms with Gasteiger partial charge in [-0.25, -0.2) is 5.84 Å². The lowest BCUT2D eigenvalue weighted by Crippen LogP contribution is -2.35. The predicted octanol–water partition coefficient (Wildman–Crippen LogP) is 2.75. The lowest BCUT2D eigenvalue weighted by Gasteiger charge is -2.20. The van der Waals surface area contributed by atoms with Crippen molar-refractivity contribution in [2.45, 2.75) is 18.9 Å². The van der Waals surface area contributed by atoms with Crippen molar-refractivity contribution in [1.82, 2.24) is 5.01 Å². The van der Waals surface area contributed by atoms with Crippen molar-refractivity contribution >= 4 is 21.8 Å². The van der Waals surface area contributed by atoms with Crippen molar-refractivity contribution in [3.05, 3.63) is 58.2 Å². The number of allylic oxidation sites excluding steroid dienone is 2. The molecule has 0 aromatic heterocycles. The van der Waals surface area contributed by atoms with Crippen molar-refractivity contribution in [2.75, 3.05) is 0 Å². The van der Waals surface area contributed by atoms with Crippen LogP contribution < -0.4 is 5.84 Å². The van der Waals surface area contributed by atoms with Crippen molar-refractivity contribution in [3.63, 3.8) is 0 Å². The maximum Gasteiger partial charge on any atom is 0.123 e. The fourth-order valence-corrected chi connectivity index (χ4v) is 2.74. The van der Waals surface area contributed by atoms with E-state index in [-0.39, 0.29) is 6.04 Å². The first-order valence-electron chi connectivity index (χ1n) is 5.96. The summed E-state index contributed by atoms with van der Waals surface area (Å²) in [7, 11) is 0. The third kappa shape index (κ3) is 2.13. The standard InChI is InChI=1S/C14H14BrN3/c15-11-6-7-13-12(9-11)17-14(18(13)16)8-10-4-2-1-3-5-10/h1-7,12H,8-9,16H2. The summed E-state index contributed by atoms with van der Waals surface area (Å²) in [6.45, 7) is 0. The molecule has 0 amide bonds. The lowest BCUT2D eigenvalue weighted by molar-refractivity contribution is 0.525. The predicted molar refractivity (Wildman–Crippen MR) is 77.1 cm³/mol. The zero-order valence-electron chi connectivity index (χ0n) is 9.88. The Morgan fingerprint density at radius 3 is 2.83 bits per heavy atom. The smallest absolute Gasteiger partial charge is 0.123 e. The van der Waals surface area contributed by atoms with Gasteiger partial charge in [-0.1, -0.05) is 52.3 Å². The molecule has 0 saturated heterocycles. The summed E-state index contributed by atoms with van der Waals surface area (Å²) in [4.78, 5) is 4.72. The molecule has 18 heavy (non-hydrogen) atoms. The van der Waals surface area contributed by atoms with Crippen molar-refractivity contribution in [2.24, 2.45) is 10.8 Å². The Morgan fingerprint density at radius 1 is 1.28 bits per heavy atom. The van der Waals surface area contributed by atoms with Gasteiger partial charge in [0.1, 0.15) is 5.84 Å². The summed E-state index contributed by atoms with van der Waals surface area (Å²) in [6, 6.07) is 10.5. The second-order valence-corrected chi connectivity index (χ2v) is 5.52. The van der Waals surface area contributed by atoms with E-state index in [1.54, 1.807) is 5.01 Å². The number of halogens is 1. The van der Waals surface area contributed by atoms with Crippen LogP contribution in [-0.2, 0) is 6.42 Å². The maximum atomic E-state index is 6.12. The van der Waals surface area contributed by atoms with E-state index in [1.165, 1.54) is 10.0 Å². The van der Waals surface area contributed by atoms with Crippen LogP contribution in [0.5, 0.6) is 0 Å². The second-order valence-electron chi connectivity index (χ2n) is 4.50. The summed E-state index contributed by atoms with van der Waals surface area (Å²) in [6.07, 6.45) is 5.77. The van der Waals surface area contributed by atoms with Crippen LogP contribution in [0.2, 0.25) is 0 Å². The molecule has 1 aromatic rings. The Kier molecular flexibility index (Phi) is 3.06. The van der Waals surface area contributed by atoms with E-state index < -0.39 is 0 Å². The summed E-state index contributed by atoms with van der Waals surface area (Å²) in [5, 5.41) is 1.73. The number of hydrogen-bond acceptors (Lipinski definition) is 3. The average Bonchev–Trinajstić information content (AvgIpc) is 2.67. The van der Waals surface area contributed by atoms with E-state index in [0.717, 1.165) is 24.4 Å². The second kappa shape index (κ2) is 4.71. The minimum absolute atomic E-state index is 0.174. The highest BCUT2D eigenvalue weighted by Gasteiger charge is 2.30. The van der Waals surface area contributed by atoms with Crippen LogP contribution in [0, 0.1) is 0 Å². The van der Waals surface area contributed by atoms with E-state index >= 15 is 0 Å². The quantitative estimate of drug-likeness (QED) is 0.854. The van der Waals surface area contributed by atoms with Gasteiger partial charge in [-0.3, -0.25) is 10.0 Å². The summed E-state index contributed by atoms with van der Waals surface area (Å²) in [5.41, 5.74) is 2.32. The number of amidine groups is 1. The minimum Gasteiger partial charge on any atom is -0.268 e. The van der Waals surface area contributed by atoms with Gasteiger partial charge >= 0.3 is 0 Å². The topological polar surface area (TPSA) is 41.6 Å². The molecule has 0 bridgehead atoms. The van der Waals surface area contributed by atoms with E-state index in [1.807, 2.05) is 30.4 Å². The van der Waals surface area contributed by atoms with Gasteiger partial charge in [0.2, 0.25) is 0 Å². The number of hydrogen-bond donors (Lipinski definition) is 1. The molecule has 2 aliphatic rings. The maximum absolute atomic E-state index is 6.12. The molecule has 1 aliphatic heterocycles. The van der Waals surface area contributed by atoms with E-state index in [0.29, 0.717) is 0 Å². The van der Waals surface area contributed by atoms with Gasteiger partial charge < -0.3 is 0 Å². The van der Waals surface area contributed by atoms with Crippen LogP contribution in [0.3, 0.4) is 0 Å². The molecule has 3 nitrogen and oxygen atoms in total. The third-order valence-corrected chi connectivity index (χ3v) is 3.82. The van der Waals surface area contributed by atoms with Gasteiger partial charge in [0.05, 0.1) is 11.7 Å². The number of nitrogens with zero attached hydrogens (tertiary/aromatic N) is 2. The summed E-state index contributed by atoms with van der Waals surface area (Å²) >= 11 is 3.52. The SMILES string of the molecule is NN1C2=CC=C(Br)CC2N=C1Cc1ccccc1. The van der Waals surface area contributed by atoms with Gasteiger partial charge in [-0.05, 0) is 16.1 Å². The van der Waals surface area contributed by atoms with E-state index in [2.05, 4.69) is 28.1 Å². The van der Waals surface area contributed by atoms with Crippen LogP contribution in [-0.4, -0.2) is 16.9 Å². The number of nitrogens with two attached hydrogens (primary N) is 1. The zero-order chi connectivity index (χ0) is 12.5. The highest BCUT2D eigenvalue weighted by molar-refractivity contribution is 9.11. The monoisotopic (exact) mass is 303 g/mol. The Hall–Kier alpha value is -1.39. The van der Waals surface area contributed by atoms with Gasteiger partial charge in [0.15, 0.2) is 0 Å². The molecule has 1 atom stereocenters. The molecular weight excluding hydrogens is 290 g/mol. The minimum atomic E-state index is 0.174. The first kappa shape index (κ1) is 11.7. The Balaban J connectivity index is 1.82. The molecule has 0 fully saturated rings. The van der Waals surface area contributed by atoms with Crippen molar-refractivity contribution in [1.29, 1.82) is 0 Å². The van der Waals surface area contributed by atoms with Gasteiger partial charge in [0.25, 0.3) is 0 Å². The van der Waals surface area contributed by atoms with Crippen molar-refractivity contribution in [3.8, 4) is 0 Å². The van der Waals surface area contributed by atoms with Crippen LogP contribution in [0.15, 0.2) is 57.7 Å². The number of aliphatic imine (C=N–C) groups is 1. The van der Waals surface area contributed by atoms with Gasteiger partial charge in [0, 0.05) is 12.8 Å². The summed E-state index contributed by atoms with van der Waals surface area (Å²) in [5.74, 6) is 7.05. The molecule has 1 unspecified atom stereocenters. The molecule has 3 rings (SSSR count). The highest BCUT2D eigenvalue weighted by atomic mass is 79.9. The molecule has 1 aromatic carbocycles.